The lowest BCUT2D eigenvalue weighted by Crippen LogP contribution is -2.46. The molecule has 0 bridgehead atoms. The number of nitrogens with zero attached hydrogens (tertiary/aromatic N) is 1. The van der Waals surface area contributed by atoms with Crippen molar-refractivity contribution in [3.05, 3.63) is 33.4 Å². The van der Waals surface area contributed by atoms with E-state index in [2.05, 4.69) is 26.6 Å². The number of rotatable bonds is 4. The molecular weight excluding hydrogens is 394 g/mol. The second kappa shape index (κ2) is 7.40. The number of nitrogens with one attached hydrogen (secondary N) is 2. The number of likely N-dealkylation sites (N-methyl/N-ethyl adjacent to an activating group) is 1. The maximum absolute atomic E-state index is 12.7. The Kier molecular flexibility index (Phi) is 5.71. The monoisotopic (exact) mass is 413 g/mol. The van der Waals surface area contributed by atoms with E-state index >= 15 is 0 Å². The minimum absolute atomic E-state index is 0.110. The third-order valence-electron chi connectivity index (χ3n) is 3.69. The molecule has 0 radical (unpaired) electrons. The van der Waals surface area contributed by atoms with Crippen molar-refractivity contribution in [1.29, 1.82) is 0 Å². The molecule has 2 N–H and O–H groups in total. The van der Waals surface area contributed by atoms with Crippen molar-refractivity contribution in [2.24, 2.45) is 0 Å². The molecule has 1 aliphatic heterocycles. The summed E-state index contributed by atoms with van der Waals surface area (Å²) in [5.41, 5.74) is 2.05. The fraction of sp³-hybridized carbons (Fsp3) is 0.375. The highest BCUT2D eigenvalue weighted by atomic mass is 79.9. The van der Waals surface area contributed by atoms with Crippen LogP contribution in [0.5, 0.6) is 11.5 Å². The van der Waals surface area contributed by atoms with Crippen molar-refractivity contribution in [3.63, 3.8) is 0 Å². The van der Waals surface area contributed by atoms with Gasteiger partial charge in [-0.15, -0.1) is 0 Å². The maximum atomic E-state index is 12.7. The molecule has 130 valence electrons. The zero-order valence-electron chi connectivity index (χ0n) is 14.2. The lowest BCUT2D eigenvalue weighted by molar-refractivity contribution is -0.125. The van der Waals surface area contributed by atoms with Crippen molar-refractivity contribution in [2.45, 2.75) is 13.0 Å². The number of amides is 1. The first kappa shape index (κ1) is 18.5. The molecule has 0 spiro atoms. The second-order valence-corrected chi connectivity index (χ2v) is 6.82. The number of benzene rings is 1. The van der Waals surface area contributed by atoms with E-state index in [1.807, 2.05) is 19.1 Å². The number of hydrogen-bond acceptors (Lipinski definition) is 4. The molecule has 0 saturated heterocycles. The first-order valence-corrected chi connectivity index (χ1v) is 8.41. The molecule has 24 heavy (non-hydrogen) atoms. The molecule has 1 aromatic rings. The third-order valence-corrected chi connectivity index (χ3v) is 4.37. The van der Waals surface area contributed by atoms with Crippen LogP contribution in [0.4, 0.5) is 0 Å². The number of carbonyl (C=O) groups excluding carboxylic acids is 1. The smallest absolute Gasteiger partial charge is 0.253 e. The quantitative estimate of drug-likeness (QED) is 0.738. The topological polar surface area (TPSA) is 62.8 Å². The number of halogens is 1. The summed E-state index contributed by atoms with van der Waals surface area (Å²) in [6.07, 6.45) is 0. The molecule has 6 nitrogen and oxygen atoms in total. The summed E-state index contributed by atoms with van der Waals surface area (Å²) in [4.78, 5) is 14.2. The van der Waals surface area contributed by atoms with Gasteiger partial charge in [0.25, 0.3) is 5.91 Å². The molecule has 1 aromatic carbocycles. The number of allylic oxidation sites excluding steroid dienone is 1. The molecule has 1 atom stereocenters. The van der Waals surface area contributed by atoms with Crippen molar-refractivity contribution < 1.29 is 14.3 Å². The van der Waals surface area contributed by atoms with Gasteiger partial charge in [0, 0.05) is 29.8 Å². The van der Waals surface area contributed by atoms with Crippen LogP contribution in [-0.2, 0) is 4.79 Å². The minimum atomic E-state index is -0.449. The molecule has 0 aromatic heterocycles. The molecule has 0 fully saturated rings. The largest absolute Gasteiger partial charge is 0.493 e. The van der Waals surface area contributed by atoms with Crippen LogP contribution in [0.3, 0.4) is 0 Å². The fourth-order valence-electron chi connectivity index (χ4n) is 2.62. The van der Waals surface area contributed by atoms with Crippen LogP contribution in [0.25, 0.3) is 0 Å². The van der Waals surface area contributed by atoms with Crippen molar-refractivity contribution in [2.75, 3.05) is 28.3 Å². The van der Waals surface area contributed by atoms with E-state index in [0.29, 0.717) is 27.9 Å². The zero-order chi connectivity index (χ0) is 18.0. The van der Waals surface area contributed by atoms with E-state index in [4.69, 9.17) is 21.7 Å². The lowest BCUT2D eigenvalue weighted by Gasteiger charge is -2.32. The van der Waals surface area contributed by atoms with E-state index in [1.165, 1.54) is 4.90 Å². The molecule has 1 amide bonds. The molecule has 8 heteroatoms. The molecule has 0 aliphatic carbocycles. The van der Waals surface area contributed by atoms with E-state index in [-0.39, 0.29) is 5.91 Å². The Hall–Kier alpha value is -1.80. The van der Waals surface area contributed by atoms with Gasteiger partial charge in [0.1, 0.15) is 0 Å². The van der Waals surface area contributed by atoms with Crippen molar-refractivity contribution in [1.82, 2.24) is 15.5 Å². The third kappa shape index (κ3) is 3.49. The number of carbonyl (C=O) groups is 1. The van der Waals surface area contributed by atoms with Crippen LogP contribution in [0, 0.1) is 0 Å². The SMILES string of the molecule is COc1cc(Br)cc([C@@H]2NC(=S)NC(C)=C2C(=O)N(C)C)c1OC. The van der Waals surface area contributed by atoms with Crippen molar-refractivity contribution in [3.8, 4) is 11.5 Å². The summed E-state index contributed by atoms with van der Waals surface area (Å²) < 4.78 is 11.8. The first-order chi connectivity index (χ1) is 11.3. The predicted molar refractivity (Wildman–Crippen MR) is 100 cm³/mol. The van der Waals surface area contributed by atoms with Gasteiger partial charge in [0.2, 0.25) is 0 Å². The number of ether oxygens (including phenoxy) is 2. The summed E-state index contributed by atoms with van der Waals surface area (Å²) in [6, 6.07) is 3.25. The van der Waals surface area contributed by atoms with Crippen LogP contribution >= 0.6 is 28.1 Å². The predicted octanol–water partition coefficient (Wildman–Crippen LogP) is 2.35. The summed E-state index contributed by atoms with van der Waals surface area (Å²) in [6.45, 7) is 1.83. The highest BCUT2D eigenvalue weighted by molar-refractivity contribution is 9.10. The normalized spacial score (nSPS) is 17.1. The van der Waals surface area contributed by atoms with Gasteiger partial charge in [-0.1, -0.05) is 15.9 Å². The van der Waals surface area contributed by atoms with Gasteiger partial charge in [-0.2, -0.15) is 0 Å². The van der Waals surface area contributed by atoms with Crippen LogP contribution in [0.1, 0.15) is 18.5 Å². The molecule has 1 heterocycles. The van der Waals surface area contributed by atoms with Gasteiger partial charge in [-0.05, 0) is 31.3 Å². The van der Waals surface area contributed by atoms with Crippen LogP contribution in [0.2, 0.25) is 0 Å². The Bertz CT molecular complexity index is 719. The van der Waals surface area contributed by atoms with Gasteiger partial charge >= 0.3 is 0 Å². The highest BCUT2D eigenvalue weighted by Crippen LogP contribution is 2.41. The highest BCUT2D eigenvalue weighted by Gasteiger charge is 2.33. The molecular formula is C16H20BrN3O3S. The first-order valence-electron chi connectivity index (χ1n) is 7.21. The van der Waals surface area contributed by atoms with Gasteiger partial charge < -0.3 is 25.0 Å². The molecule has 1 aliphatic rings. The van der Waals surface area contributed by atoms with E-state index in [1.54, 1.807) is 28.3 Å². The summed E-state index contributed by atoms with van der Waals surface area (Å²) in [5.74, 6) is 1.02. The number of hydrogen-bond donors (Lipinski definition) is 2. The van der Waals surface area contributed by atoms with E-state index in [0.717, 1.165) is 10.0 Å². The summed E-state index contributed by atoms with van der Waals surface area (Å²) in [7, 11) is 6.57. The zero-order valence-corrected chi connectivity index (χ0v) is 16.6. The van der Waals surface area contributed by atoms with Crippen LogP contribution in [0.15, 0.2) is 27.9 Å². The van der Waals surface area contributed by atoms with E-state index in [9.17, 15) is 4.79 Å². The molecule has 0 unspecified atom stereocenters. The Morgan fingerprint density at radius 3 is 2.50 bits per heavy atom. The Morgan fingerprint density at radius 2 is 1.96 bits per heavy atom. The maximum Gasteiger partial charge on any atom is 0.253 e. The van der Waals surface area contributed by atoms with Gasteiger partial charge in [0.05, 0.1) is 25.8 Å². The lowest BCUT2D eigenvalue weighted by atomic mass is 9.93. The Labute approximate surface area is 155 Å². The van der Waals surface area contributed by atoms with Crippen LogP contribution < -0.4 is 20.1 Å². The fourth-order valence-corrected chi connectivity index (χ4v) is 3.35. The van der Waals surface area contributed by atoms with Gasteiger partial charge in [-0.25, -0.2) is 0 Å². The minimum Gasteiger partial charge on any atom is -0.493 e. The Morgan fingerprint density at radius 1 is 1.29 bits per heavy atom. The number of thiocarbonyl (C=S) groups is 1. The summed E-state index contributed by atoms with van der Waals surface area (Å²) >= 11 is 8.75. The second-order valence-electron chi connectivity index (χ2n) is 5.50. The molecule has 0 saturated carbocycles. The van der Waals surface area contributed by atoms with Gasteiger partial charge in [0.15, 0.2) is 16.6 Å². The van der Waals surface area contributed by atoms with Crippen LogP contribution in [-0.4, -0.2) is 44.2 Å². The Balaban J connectivity index is 2.68. The average molecular weight is 414 g/mol. The van der Waals surface area contributed by atoms with Crippen molar-refractivity contribution >= 4 is 39.2 Å². The average Bonchev–Trinajstić information content (AvgIpc) is 2.52. The standard InChI is InChI=1S/C16H20BrN3O3S/c1-8-12(15(21)20(2)3)13(19-16(24)18-8)10-6-9(17)7-11(22-4)14(10)23-5/h6-7,13H,1-5H3,(H2,18,19,24)/t13-/m0/s1. The molecule has 2 rings (SSSR count). The van der Waals surface area contributed by atoms with Gasteiger partial charge in [-0.3, -0.25) is 4.79 Å². The number of methoxy groups -OCH3 is 2. The summed E-state index contributed by atoms with van der Waals surface area (Å²) in [5, 5.41) is 6.63. The van der Waals surface area contributed by atoms with E-state index < -0.39 is 6.04 Å².